The number of fused-ring (bicyclic) bond motifs is 1. The lowest BCUT2D eigenvalue weighted by atomic mass is 10.1. The number of ether oxygens (including phenoxy) is 1. The van der Waals surface area contributed by atoms with Crippen LogP contribution in [0.15, 0.2) is 0 Å². The van der Waals surface area contributed by atoms with Crippen molar-refractivity contribution in [3.05, 3.63) is 16.3 Å². The number of carbonyl (C=O) groups is 1. The number of aromatic nitrogens is 2. The first-order valence-electron chi connectivity index (χ1n) is 10.6. The van der Waals surface area contributed by atoms with Crippen molar-refractivity contribution >= 4 is 33.3 Å². The highest BCUT2D eigenvalue weighted by Gasteiger charge is 2.25. The van der Waals surface area contributed by atoms with Gasteiger partial charge in [0.2, 0.25) is 0 Å². The molecule has 2 aliphatic rings. The van der Waals surface area contributed by atoms with Gasteiger partial charge in [-0.3, -0.25) is 4.90 Å². The van der Waals surface area contributed by atoms with E-state index in [1.54, 1.807) is 0 Å². The molecule has 0 saturated carbocycles. The van der Waals surface area contributed by atoms with E-state index < -0.39 is 0 Å². The first-order valence-corrected chi connectivity index (χ1v) is 11.4. The minimum Gasteiger partial charge on any atom is -0.462 e. The molecule has 0 spiro atoms. The van der Waals surface area contributed by atoms with Gasteiger partial charge in [0.05, 0.1) is 18.5 Å². The van der Waals surface area contributed by atoms with E-state index in [1.165, 1.54) is 49.9 Å². The molecular weight excluding hydrogens is 372 g/mol. The second-order valence-electron chi connectivity index (χ2n) is 7.80. The molecule has 4 heterocycles. The molecule has 7 heteroatoms. The smallest absolute Gasteiger partial charge is 0.348 e. The van der Waals surface area contributed by atoms with Gasteiger partial charge in [-0.25, -0.2) is 14.8 Å². The highest BCUT2D eigenvalue weighted by Crippen LogP contribution is 2.37. The third-order valence-electron chi connectivity index (χ3n) is 5.75. The maximum atomic E-state index is 12.4. The lowest BCUT2D eigenvalue weighted by Crippen LogP contribution is -2.32. The highest BCUT2D eigenvalue weighted by atomic mass is 32.1. The van der Waals surface area contributed by atoms with Crippen LogP contribution < -0.4 is 4.90 Å². The molecule has 6 nitrogen and oxygen atoms in total. The fourth-order valence-electron chi connectivity index (χ4n) is 4.27. The molecule has 0 bridgehead atoms. The average molecular weight is 403 g/mol. The molecule has 2 aromatic heterocycles. The Balaban J connectivity index is 1.75. The highest BCUT2D eigenvalue weighted by molar-refractivity contribution is 7.20. The summed E-state index contributed by atoms with van der Waals surface area (Å²) in [5.74, 6) is 1.65. The number of thiophene rings is 1. The lowest BCUT2D eigenvalue weighted by molar-refractivity contribution is 0.0531. The Morgan fingerprint density at radius 2 is 1.71 bits per heavy atom. The van der Waals surface area contributed by atoms with E-state index in [-0.39, 0.29) is 5.97 Å². The van der Waals surface area contributed by atoms with Gasteiger partial charge >= 0.3 is 5.97 Å². The predicted octanol–water partition coefficient (Wildman–Crippen LogP) is 4.15. The molecule has 2 saturated heterocycles. The van der Waals surface area contributed by atoms with Crippen LogP contribution in [0.2, 0.25) is 0 Å². The van der Waals surface area contributed by atoms with Crippen molar-refractivity contribution in [3.8, 4) is 0 Å². The molecule has 0 radical (unpaired) electrons. The maximum absolute atomic E-state index is 12.4. The summed E-state index contributed by atoms with van der Waals surface area (Å²) in [6.45, 7) is 9.33. The van der Waals surface area contributed by atoms with Gasteiger partial charge in [0.25, 0.3) is 0 Å². The number of hydrogen-bond donors (Lipinski definition) is 0. The normalized spacial score (nSPS) is 18.6. The average Bonchev–Trinajstić information content (AvgIpc) is 3.06. The van der Waals surface area contributed by atoms with Crippen LogP contribution in [0.3, 0.4) is 0 Å². The van der Waals surface area contributed by atoms with Gasteiger partial charge in [-0.2, -0.15) is 0 Å². The fraction of sp³-hybridized carbons (Fsp3) is 0.667. The van der Waals surface area contributed by atoms with Gasteiger partial charge in [-0.15, -0.1) is 11.3 Å². The SMILES string of the molecule is CCOC(=O)c1sc2nc(CN3CCCCC3)nc(N3CCCCC3)c2c1C. The van der Waals surface area contributed by atoms with Gasteiger partial charge in [0.1, 0.15) is 21.3 Å². The molecule has 0 atom stereocenters. The number of anilines is 1. The van der Waals surface area contributed by atoms with E-state index in [0.717, 1.165) is 60.1 Å². The van der Waals surface area contributed by atoms with E-state index >= 15 is 0 Å². The van der Waals surface area contributed by atoms with Gasteiger partial charge in [0.15, 0.2) is 0 Å². The minimum atomic E-state index is -0.245. The molecule has 28 heavy (non-hydrogen) atoms. The summed E-state index contributed by atoms with van der Waals surface area (Å²) in [7, 11) is 0. The van der Waals surface area contributed by atoms with E-state index in [9.17, 15) is 4.79 Å². The van der Waals surface area contributed by atoms with E-state index in [4.69, 9.17) is 14.7 Å². The van der Waals surface area contributed by atoms with E-state index in [2.05, 4.69) is 9.80 Å². The monoisotopic (exact) mass is 402 g/mol. The second kappa shape index (κ2) is 8.74. The van der Waals surface area contributed by atoms with Gasteiger partial charge < -0.3 is 9.64 Å². The van der Waals surface area contributed by atoms with Crippen LogP contribution in [-0.2, 0) is 11.3 Å². The zero-order chi connectivity index (χ0) is 19.5. The van der Waals surface area contributed by atoms with Crippen LogP contribution in [0, 0.1) is 6.92 Å². The third kappa shape index (κ3) is 4.01. The minimum absolute atomic E-state index is 0.245. The van der Waals surface area contributed by atoms with Crippen molar-refractivity contribution in [2.75, 3.05) is 37.7 Å². The molecule has 0 amide bonds. The number of hydrogen-bond acceptors (Lipinski definition) is 7. The van der Waals surface area contributed by atoms with Crippen LogP contribution in [0.5, 0.6) is 0 Å². The molecular formula is C21H30N4O2S. The van der Waals surface area contributed by atoms with Crippen LogP contribution in [0.1, 0.15) is 66.5 Å². The molecule has 2 fully saturated rings. The van der Waals surface area contributed by atoms with Crippen LogP contribution in [0.4, 0.5) is 5.82 Å². The summed E-state index contributed by atoms with van der Waals surface area (Å²) in [6.07, 6.45) is 7.50. The first kappa shape index (κ1) is 19.6. The van der Waals surface area contributed by atoms with Crippen molar-refractivity contribution in [2.45, 2.75) is 58.9 Å². The number of nitrogens with zero attached hydrogens (tertiary/aromatic N) is 4. The molecule has 0 aromatic carbocycles. The Labute approximate surface area is 170 Å². The number of likely N-dealkylation sites (tertiary alicyclic amines) is 1. The van der Waals surface area contributed by atoms with Crippen molar-refractivity contribution in [1.82, 2.24) is 14.9 Å². The first-order chi connectivity index (χ1) is 13.7. The molecule has 0 unspecified atom stereocenters. The van der Waals surface area contributed by atoms with Gasteiger partial charge in [-0.05, 0) is 64.6 Å². The summed E-state index contributed by atoms with van der Waals surface area (Å²) in [6, 6.07) is 0. The summed E-state index contributed by atoms with van der Waals surface area (Å²) >= 11 is 1.46. The van der Waals surface area contributed by atoms with Gasteiger partial charge in [0, 0.05) is 13.1 Å². The fourth-order valence-corrected chi connectivity index (χ4v) is 5.36. The Hall–Kier alpha value is -1.73. The topological polar surface area (TPSA) is 58.6 Å². The van der Waals surface area contributed by atoms with Crippen molar-refractivity contribution in [3.63, 3.8) is 0 Å². The number of aryl methyl sites for hydroxylation is 1. The standard InChI is InChI=1S/C21H30N4O2S/c1-3-27-21(26)18-15(2)17-19(25-12-8-5-9-13-25)22-16(23-20(17)28-18)14-24-10-6-4-7-11-24/h3-14H2,1-2H3. The second-order valence-corrected chi connectivity index (χ2v) is 8.80. The number of esters is 1. The van der Waals surface area contributed by atoms with Crippen LogP contribution in [-0.4, -0.2) is 53.6 Å². The lowest BCUT2D eigenvalue weighted by Gasteiger charge is -2.29. The predicted molar refractivity (Wildman–Crippen MR) is 113 cm³/mol. The molecule has 0 N–H and O–H groups in total. The van der Waals surface area contributed by atoms with Gasteiger partial charge in [-0.1, -0.05) is 6.42 Å². The van der Waals surface area contributed by atoms with Crippen molar-refractivity contribution < 1.29 is 9.53 Å². The molecule has 0 aliphatic carbocycles. The summed E-state index contributed by atoms with van der Waals surface area (Å²) in [5.41, 5.74) is 0.962. The zero-order valence-corrected chi connectivity index (χ0v) is 17.8. The summed E-state index contributed by atoms with van der Waals surface area (Å²) < 4.78 is 5.28. The Kier molecular flexibility index (Phi) is 6.11. The Morgan fingerprint density at radius 3 is 2.39 bits per heavy atom. The Bertz CT molecular complexity index is 839. The number of carbonyl (C=O) groups excluding carboxylic acids is 1. The van der Waals surface area contributed by atoms with Crippen molar-refractivity contribution in [2.24, 2.45) is 0 Å². The third-order valence-corrected chi connectivity index (χ3v) is 6.91. The molecule has 152 valence electrons. The van der Waals surface area contributed by atoms with Crippen molar-refractivity contribution in [1.29, 1.82) is 0 Å². The zero-order valence-electron chi connectivity index (χ0n) is 17.0. The largest absolute Gasteiger partial charge is 0.462 e. The molecule has 2 aliphatic heterocycles. The van der Waals surface area contributed by atoms with Crippen LogP contribution >= 0.6 is 11.3 Å². The molecule has 4 rings (SSSR count). The molecule has 2 aromatic rings. The quantitative estimate of drug-likeness (QED) is 0.700. The van der Waals surface area contributed by atoms with Crippen LogP contribution in [0.25, 0.3) is 10.2 Å². The summed E-state index contributed by atoms with van der Waals surface area (Å²) in [4.78, 5) is 28.8. The number of piperidine rings is 2. The van der Waals surface area contributed by atoms with E-state index in [1.807, 2.05) is 13.8 Å². The number of rotatable bonds is 5. The van der Waals surface area contributed by atoms with E-state index in [0.29, 0.717) is 11.5 Å². The maximum Gasteiger partial charge on any atom is 0.348 e. The Morgan fingerprint density at radius 1 is 1.04 bits per heavy atom. The summed E-state index contributed by atoms with van der Waals surface area (Å²) in [5, 5.41) is 1.04.